The van der Waals surface area contributed by atoms with Gasteiger partial charge in [0, 0.05) is 40.8 Å². The molecule has 0 saturated heterocycles. The molecule has 0 fully saturated rings. The van der Waals surface area contributed by atoms with Crippen molar-refractivity contribution >= 4 is 45.7 Å². The summed E-state index contributed by atoms with van der Waals surface area (Å²) in [5.41, 5.74) is 1.90. The number of hydrogen-bond acceptors (Lipinski definition) is 5. The fraction of sp³-hybridized carbons (Fsp3) is 0.182. The van der Waals surface area contributed by atoms with E-state index < -0.39 is 5.82 Å². The van der Waals surface area contributed by atoms with Gasteiger partial charge in [-0.25, -0.2) is 14.2 Å². The average molecular weight is 456 g/mol. The van der Waals surface area contributed by atoms with Gasteiger partial charge in [-0.15, -0.1) is 11.3 Å². The summed E-state index contributed by atoms with van der Waals surface area (Å²) >= 11 is 1.16. The lowest BCUT2D eigenvalue weighted by Crippen LogP contribution is -2.34. The molecule has 4 amide bonds. The van der Waals surface area contributed by atoms with Crippen LogP contribution in [0, 0.1) is 5.82 Å². The first-order valence-electron chi connectivity index (χ1n) is 9.73. The summed E-state index contributed by atoms with van der Waals surface area (Å²) in [6.07, 6.45) is 0. The van der Waals surface area contributed by atoms with Gasteiger partial charge in [-0.1, -0.05) is 0 Å². The second kappa shape index (κ2) is 10.0. The molecular weight excluding hydrogens is 433 g/mol. The van der Waals surface area contributed by atoms with E-state index in [1.165, 1.54) is 19.1 Å². The highest BCUT2D eigenvalue weighted by Gasteiger charge is 2.13. The van der Waals surface area contributed by atoms with Crippen molar-refractivity contribution < 1.29 is 18.8 Å². The number of nitrogens with one attached hydrogen (secondary N) is 4. The molecule has 0 radical (unpaired) electrons. The molecule has 0 spiro atoms. The van der Waals surface area contributed by atoms with Gasteiger partial charge >= 0.3 is 6.03 Å². The van der Waals surface area contributed by atoms with Gasteiger partial charge in [-0.2, -0.15) is 0 Å². The maximum Gasteiger partial charge on any atom is 0.319 e. The topological polar surface area (TPSA) is 112 Å². The third-order valence-corrected chi connectivity index (χ3v) is 4.87. The molecule has 0 atom stereocenters. The summed E-state index contributed by atoms with van der Waals surface area (Å²) in [6, 6.07) is 10.4. The van der Waals surface area contributed by atoms with Crippen molar-refractivity contribution in [3.05, 3.63) is 59.2 Å². The molecule has 4 N–H and O–H groups in total. The summed E-state index contributed by atoms with van der Waals surface area (Å²) in [4.78, 5) is 39.6. The van der Waals surface area contributed by atoms with Crippen molar-refractivity contribution in [3.8, 4) is 11.3 Å². The Balaban J connectivity index is 1.64. The van der Waals surface area contributed by atoms with Gasteiger partial charge in [0.05, 0.1) is 5.69 Å². The number of benzene rings is 2. The zero-order valence-electron chi connectivity index (χ0n) is 17.7. The Morgan fingerprint density at radius 3 is 2.28 bits per heavy atom. The fourth-order valence-corrected chi connectivity index (χ4v) is 3.47. The number of thiazole rings is 1. The minimum absolute atomic E-state index is 0.00635. The van der Waals surface area contributed by atoms with Crippen molar-refractivity contribution in [2.24, 2.45) is 0 Å². The molecule has 0 bridgehead atoms. The Hall–Kier alpha value is -3.79. The number of nitrogens with zero attached hydrogens (tertiary/aromatic N) is 1. The number of rotatable bonds is 6. The first-order chi connectivity index (χ1) is 15.2. The summed E-state index contributed by atoms with van der Waals surface area (Å²) in [6.45, 7) is 5.05. The quantitative estimate of drug-likeness (QED) is 0.432. The molecule has 0 aliphatic rings. The summed E-state index contributed by atoms with van der Waals surface area (Å²) in [7, 11) is 0. The molecular formula is C22H22FN5O3S. The van der Waals surface area contributed by atoms with E-state index in [0.717, 1.165) is 11.3 Å². The molecule has 0 aliphatic heterocycles. The maximum atomic E-state index is 14.4. The summed E-state index contributed by atoms with van der Waals surface area (Å²) < 4.78 is 14.4. The fourth-order valence-electron chi connectivity index (χ4n) is 2.76. The zero-order valence-corrected chi connectivity index (χ0v) is 18.5. The van der Waals surface area contributed by atoms with Crippen LogP contribution in [-0.2, 0) is 4.79 Å². The van der Waals surface area contributed by atoms with E-state index in [0.29, 0.717) is 27.8 Å². The molecule has 2 aromatic carbocycles. The van der Waals surface area contributed by atoms with Gasteiger partial charge in [0.25, 0.3) is 5.91 Å². The Morgan fingerprint density at radius 2 is 1.66 bits per heavy atom. The number of carbonyl (C=O) groups is 3. The van der Waals surface area contributed by atoms with E-state index in [1.807, 2.05) is 13.8 Å². The Bertz CT molecular complexity index is 1140. The predicted octanol–water partition coefficient (Wildman–Crippen LogP) is 4.69. The van der Waals surface area contributed by atoms with Crippen LogP contribution >= 0.6 is 11.3 Å². The molecule has 8 nitrogen and oxygen atoms in total. The number of halogens is 1. The highest BCUT2D eigenvalue weighted by molar-refractivity contribution is 7.14. The van der Waals surface area contributed by atoms with Gasteiger partial charge in [0.1, 0.15) is 5.82 Å². The zero-order chi connectivity index (χ0) is 23.3. The molecule has 3 rings (SSSR count). The number of urea groups is 1. The van der Waals surface area contributed by atoms with Crippen molar-refractivity contribution in [1.29, 1.82) is 0 Å². The first-order valence-corrected chi connectivity index (χ1v) is 10.6. The van der Waals surface area contributed by atoms with E-state index in [-0.39, 0.29) is 29.5 Å². The lowest BCUT2D eigenvalue weighted by Gasteiger charge is -2.10. The largest absolute Gasteiger partial charge is 0.336 e. The molecule has 166 valence electrons. The van der Waals surface area contributed by atoms with E-state index in [2.05, 4.69) is 26.3 Å². The van der Waals surface area contributed by atoms with Crippen LogP contribution in [0.3, 0.4) is 0 Å². The summed E-state index contributed by atoms with van der Waals surface area (Å²) in [5.74, 6) is -1.21. The molecule has 10 heteroatoms. The molecule has 3 aromatic rings. The summed E-state index contributed by atoms with van der Waals surface area (Å²) in [5, 5.41) is 12.5. The average Bonchev–Trinajstić information content (AvgIpc) is 3.15. The second-order valence-electron chi connectivity index (χ2n) is 7.20. The first kappa shape index (κ1) is 22.9. The molecule has 0 unspecified atom stereocenters. The predicted molar refractivity (Wildman–Crippen MR) is 123 cm³/mol. The van der Waals surface area contributed by atoms with E-state index in [4.69, 9.17) is 0 Å². The van der Waals surface area contributed by atoms with Gasteiger partial charge in [0.15, 0.2) is 5.13 Å². The lowest BCUT2D eigenvalue weighted by atomic mass is 10.1. The van der Waals surface area contributed by atoms with Gasteiger partial charge in [0.2, 0.25) is 5.91 Å². The molecule has 1 aromatic heterocycles. The normalized spacial score (nSPS) is 10.5. The third kappa shape index (κ3) is 6.11. The van der Waals surface area contributed by atoms with Crippen LogP contribution in [0.25, 0.3) is 11.3 Å². The molecule has 1 heterocycles. The van der Waals surface area contributed by atoms with Crippen LogP contribution in [-0.4, -0.2) is 28.9 Å². The van der Waals surface area contributed by atoms with Crippen molar-refractivity contribution in [2.75, 3.05) is 16.0 Å². The number of hydrogen-bond donors (Lipinski definition) is 4. The monoisotopic (exact) mass is 455 g/mol. The van der Waals surface area contributed by atoms with Crippen LogP contribution in [0.1, 0.15) is 31.1 Å². The van der Waals surface area contributed by atoms with Gasteiger partial charge in [-0.3, -0.25) is 14.9 Å². The Kier molecular flexibility index (Phi) is 7.16. The van der Waals surface area contributed by atoms with Gasteiger partial charge < -0.3 is 16.0 Å². The van der Waals surface area contributed by atoms with Crippen LogP contribution in [0.4, 0.5) is 25.7 Å². The number of carbonyl (C=O) groups excluding carboxylic acids is 3. The maximum absolute atomic E-state index is 14.4. The smallest absolute Gasteiger partial charge is 0.319 e. The third-order valence-electron chi connectivity index (χ3n) is 4.11. The molecule has 0 saturated carbocycles. The minimum atomic E-state index is -0.538. The van der Waals surface area contributed by atoms with E-state index >= 15 is 0 Å². The lowest BCUT2D eigenvalue weighted by molar-refractivity contribution is -0.114. The Morgan fingerprint density at radius 1 is 0.969 bits per heavy atom. The number of anilines is 3. The van der Waals surface area contributed by atoms with Crippen LogP contribution in [0.5, 0.6) is 0 Å². The van der Waals surface area contributed by atoms with Crippen molar-refractivity contribution in [2.45, 2.75) is 26.8 Å². The van der Waals surface area contributed by atoms with Crippen LogP contribution in [0.2, 0.25) is 0 Å². The number of aromatic nitrogens is 1. The van der Waals surface area contributed by atoms with E-state index in [9.17, 15) is 18.8 Å². The number of amides is 4. The standard InChI is InChI=1S/C22H22FN5O3S/c1-12(2)24-21(31)26-15-6-4-14(5-7-15)20(30)28-22-27-19(11-32-22)17-9-8-16(10-18(17)23)25-13(3)29/h4-12H,1-3H3,(H,25,29)(H2,24,26,31)(H,27,28,30). The molecule has 32 heavy (non-hydrogen) atoms. The van der Waals surface area contributed by atoms with Gasteiger partial charge in [-0.05, 0) is 56.3 Å². The highest BCUT2D eigenvalue weighted by atomic mass is 32.1. The second-order valence-corrected chi connectivity index (χ2v) is 8.06. The SMILES string of the molecule is CC(=O)Nc1ccc(-c2csc(NC(=O)c3ccc(NC(=O)NC(C)C)cc3)n2)c(F)c1. The minimum Gasteiger partial charge on any atom is -0.336 e. The van der Waals surface area contributed by atoms with Crippen molar-refractivity contribution in [3.63, 3.8) is 0 Å². The van der Waals surface area contributed by atoms with Crippen LogP contribution < -0.4 is 21.3 Å². The van der Waals surface area contributed by atoms with Crippen molar-refractivity contribution in [1.82, 2.24) is 10.3 Å². The van der Waals surface area contributed by atoms with Crippen LogP contribution in [0.15, 0.2) is 47.8 Å². The highest BCUT2D eigenvalue weighted by Crippen LogP contribution is 2.29. The Labute approximate surface area is 188 Å². The van der Waals surface area contributed by atoms with E-state index in [1.54, 1.807) is 35.7 Å². The molecule has 0 aliphatic carbocycles.